The van der Waals surface area contributed by atoms with Crippen LogP contribution in [-0.2, 0) is 0 Å². The summed E-state index contributed by atoms with van der Waals surface area (Å²) in [6.07, 6.45) is 1.45. The molecule has 0 amide bonds. The predicted molar refractivity (Wildman–Crippen MR) is 73.6 cm³/mol. The van der Waals surface area contributed by atoms with E-state index in [2.05, 4.69) is 24.0 Å². The van der Waals surface area contributed by atoms with Crippen molar-refractivity contribution in [3.63, 3.8) is 0 Å². The lowest BCUT2D eigenvalue weighted by Gasteiger charge is -2.18. The molecule has 19 heavy (non-hydrogen) atoms. The smallest absolute Gasteiger partial charge is 0.137 e. The van der Waals surface area contributed by atoms with Crippen molar-refractivity contribution in [2.24, 2.45) is 0 Å². The molecule has 0 aromatic heterocycles. The average Bonchev–Trinajstić information content (AvgIpc) is 2.47. The normalized spacial score (nSPS) is 9.89. The van der Waals surface area contributed by atoms with Gasteiger partial charge in [-0.1, -0.05) is 19.1 Å². The van der Waals surface area contributed by atoms with Gasteiger partial charge < -0.3 is 9.64 Å². The molecule has 0 aliphatic rings. The van der Waals surface area contributed by atoms with Crippen molar-refractivity contribution in [2.45, 2.75) is 19.8 Å². The van der Waals surface area contributed by atoms with Crippen LogP contribution in [-0.4, -0.2) is 31.1 Å². The zero-order valence-corrected chi connectivity index (χ0v) is 11.3. The molecule has 0 aliphatic heterocycles. The number of ether oxygens (including phenoxy) is 1. The van der Waals surface area contributed by atoms with Gasteiger partial charge in [-0.15, -0.1) is 0 Å². The van der Waals surface area contributed by atoms with Crippen molar-refractivity contribution >= 4 is 0 Å². The van der Waals surface area contributed by atoms with E-state index in [0.29, 0.717) is 24.3 Å². The van der Waals surface area contributed by atoms with E-state index in [1.807, 2.05) is 18.2 Å². The predicted octanol–water partition coefficient (Wildman–Crippen LogP) is 2.56. The van der Waals surface area contributed by atoms with Crippen LogP contribution in [0.25, 0.3) is 0 Å². The molecule has 0 heterocycles. The molecular weight excluding hydrogens is 238 g/mol. The van der Waals surface area contributed by atoms with Crippen LogP contribution < -0.4 is 4.74 Å². The van der Waals surface area contributed by atoms with Crippen LogP contribution in [0, 0.1) is 22.7 Å². The standard InChI is InChI=1S/C15H19N3O/c1-2-18(10-5-9-16)11-6-12-19-15-8-4-3-7-14(15)13-17/h3-4,7-8H,2,5-6,10-12H2,1H3. The molecular formula is C15H19N3O. The SMILES string of the molecule is CCN(CCC#N)CCCOc1ccccc1C#N. The molecule has 0 fully saturated rings. The third kappa shape index (κ3) is 5.42. The Bertz CT molecular complexity index is 459. The highest BCUT2D eigenvalue weighted by atomic mass is 16.5. The Kier molecular flexibility index (Phi) is 7.09. The highest BCUT2D eigenvalue weighted by molar-refractivity contribution is 5.42. The van der Waals surface area contributed by atoms with Crippen molar-refractivity contribution in [2.75, 3.05) is 26.2 Å². The molecule has 0 unspecified atom stereocenters. The summed E-state index contributed by atoms with van der Waals surface area (Å²) in [6, 6.07) is 11.5. The zero-order valence-electron chi connectivity index (χ0n) is 11.3. The second kappa shape index (κ2) is 8.97. The minimum Gasteiger partial charge on any atom is -0.492 e. The maximum Gasteiger partial charge on any atom is 0.137 e. The monoisotopic (exact) mass is 257 g/mol. The molecule has 0 saturated carbocycles. The average molecular weight is 257 g/mol. The summed E-state index contributed by atoms with van der Waals surface area (Å²) < 4.78 is 5.61. The van der Waals surface area contributed by atoms with Crippen LogP contribution in [0.3, 0.4) is 0 Å². The van der Waals surface area contributed by atoms with E-state index >= 15 is 0 Å². The van der Waals surface area contributed by atoms with Crippen molar-refractivity contribution in [3.05, 3.63) is 29.8 Å². The Hall–Kier alpha value is -2.04. The van der Waals surface area contributed by atoms with Gasteiger partial charge in [0.25, 0.3) is 0 Å². The van der Waals surface area contributed by atoms with Gasteiger partial charge in [0.1, 0.15) is 11.8 Å². The van der Waals surface area contributed by atoms with Gasteiger partial charge in [-0.25, -0.2) is 0 Å². The summed E-state index contributed by atoms with van der Waals surface area (Å²) in [4.78, 5) is 2.22. The van der Waals surface area contributed by atoms with Crippen LogP contribution in [0.2, 0.25) is 0 Å². The molecule has 0 N–H and O–H groups in total. The number of nitrogens with zero attached hydrogens (tertiary/aromatic N) is 3. The maximum atomic E-state index is 8.93. The lowest BCUT2D eigenvalue weighted by atomic mass is 10.2. The molecule has 0 aliphatic carbocycles. The van der Waals surface area contributed by atoms with Crippen LogP contribution >= 0.6 is 0 Å². The van der Waals surface area contributed by atoms with Crippen molar-refractivity contribution in [1.82, 2.24) is 4.90 Å². The fourth-order valence-corrected chi connectivity index (χ4v) is 1.79. The number of para-hydroxylation sites is 1. The molecule has 0 radical (unpaired) electrons. The second-order valence-corrected chi connectivity index (χ2v) is 4.15. The number of benzene rings is 1. The molecule has 100 valence electrons. The molecule has 0 bridgehead atoms. The summed E-state index contributed by atoms with van der Waals surface area (Å²) in [5.41, 5.74) is 0.569. The molecule has 1 rings (SSSR count). The molecule has 0 atom stereocenters. The van der Waals surface area contributed by atoms with Gasteiger partial charge in [0, 0.05) is 19.5 Å². The summed E-state index contributed by atoms with van der Waals surface area (Å²) in [5.74, 6) is 0.644. The van der Waals surface area contributed by atoms with Gasteiger partial charge in [-0.05, 0) is 25.1 Å². The Morgan fingerprint density at radius 3 is 2.68 bits per heavy atom. The van der Waals surface area contributed by atoms with E-state index in [4.69, 9.17) is 15.3 Å². The Morgan fingerprint density at radius 1 is 1.21 bits per heavy atom. The number of rotatable bonds is 8. The first-order chi connectivity index (χ1) is 9.31. The highest BCUT2D eigenvalue weighted by Crippen LogP contribution is 2.16. The van der Waals surface area contributed by atoms with E-state index in [-0.39, 0.29) is 0 Å². The van der Waals surface area contributed by atoms with E-state index in [1.165, 1.54) is 0 Å². The lowest BCUT2D eigenvalue weighted by Crippen LogP contribution is -2.26. The van der Waals surface area contributed by atoms with Crippen molar-refractivity contribution < 1.29 is 4.74 Å². The molecule has 1 aromatic rings. The third-order valence-corrected chi connectivity index (χ3v) is 2.87. The van der Waals surface area contributed by atoms with Gasteiger partial charge in [0.2, 0.25) is 0 Å². The summed E-state index contributed by atoms with van der Waals surface area (Å²) >= 11 is 0. The molecule has 0 saturated heterocycles. The lowest BCUT2D eigenvalue weighted by molar-refractivity contribution is 0.244. The first-order valence-corrected chi connectivity index (χ1v) is 6.53. The topological polar surface area (TPSA) is 60.1 Å². The minimum atomic E-state index is 0.561. The van der Waals surface area contributed by atoms with E-state index < -0.39 is 0 Å². The molecule has 0 spiro atoms. The third-order valence-electron chi connectivity index (χ3n) is 2.87. The summed E-state index contributed by atoms with van der Waals surface area (Å²) in [6.45, 7) is 5.33. The van der Waals surface area contributed by atoms with E-state index in [9.17, 15) is 0 Å². The van der Waals surface area contributed by atoms with Crippen molar-refractivity contribution in [1.29, 1.82) is 10.5 Å². The fraction of sp³-hybridized carbons (Fsp3) is 0.467. The van der Waals surface area contributed by atoms with Gasteiger partial charge in [-0.2, -0.15) is 10.5 Å². The second-order valence-electron chi connectivity index (χ2n) is 4.15. The van der Waals surface area contributed by atoms with Gasteiger partial charge >= 0.3 is 0 Å². The van der Waals surface area contributed by atoms with Crippen LogP contribution in [0.15, 0.2) is 24.3 Å². The quantitative estimate of drug-likeness (QED) is 0.671. The maximum absolute atomic E-state index is 8.93. The number of nitriles is 2. The van der Waals surface area contributed by atoms with Crippen molar-refractivity contribution in [3.8, 4) is 17.9 Å². The molecule has 4 heteroatoms. The number of hydrogen-bond acceptors (Lipinski definition) is 4. The highest BCUT2D eigenvalue weighted by Gasteiger charge is 2.03. The van der Waals surface area contributed by atoms with Crippen LogP contribution in [0.4, 0.5) is 0 Å². The Morgan fingerprint density at radius 2 is 2.00 bits per heavy atom. The summed E-state index contributed by atoms with van der Waals surface area (Å²) in [7, 11) is 0. The van der Waals surface area contributed by atoms with Crippen LogP contribution in [0.5, 0.6) is 5.75 Å². The Labute approximate surface area is 114 Å². The van der Waals surface area contributed by atoms with Gasteiger partial charge in [0.15, 0.2) is 0 Å². The molecule has 4 nitrogen and oxygen atoms in total. The van der Waals surface area contributed by atoms with Gasteiger partial charge in [-0.3, -0.25) is 0 Å². The fourth-order valence-electron chi connectivity index (χ4n) is 1.79. The zero-order chi connectivity index (χ0) is 13.9. The minimum absolute atomic E-state index is 0.561. The first kappa shape index (κ1) is 15.0. The van der Waals surface area contributed by atoms with E-state index in [1.54, 1.807) is 6.07 Å². The Balaban J connectivity index is 2.30. The summed E-state index contributed by atoms with van der Waals surface area (Å²) in [5, 5.41) is 17.5. The van der Waals surface area contributed by atoms with Gasteiger partial charge in [0.05, 0.1) is 18.2 Å². The van der Waals surface area contributed by atoms with E-state index in [0.717, 1.165) is 26.1 Å². The first-order valence-electron chi connectivity index (χ1n) is 6.53. The largest absolute Gasteiger partial charge is 0.492 e. The number of hydrogen-bond donors (Lipinski definition) is 0. The molecule has 1 aromatic carbocycles. The van der Waals surface area contributed by atoms with Crippen LogP contribution in [0.1, 0.15) is 25.3 Å².